The summed E-state index contributed by atoms with van der Waals surface area (Å²) in [6.45, 7) is 7.14. The number of nitrogens with zero attached hydrogens (tertiary/aromatic N) is 5. The lowest BCUT2D eigenvalue weighted by molar-refractivity contribution is 0.326. The van der Waals surface area contributed by atoms with Crippen LogP contribution >= 0.6 is 0 Å². The predicted molar refractivity (Wildman–Crippen MR) is 88.7 cm³/mol. The van der Waals surface area contributed by atoms with Crippen molar-refractivity contribution in [2.75, 3.05) is 29.9 Å². The first kappa shape index (κ1) is 15.5. The largest absolute Gasteiger partial charge is 0.478 e. The number of hydrogen-bond donors (Lipinski definition) is 1. The summed E-state index contributed by atoms with van der Waals surface area (Å²) in [4.78, 5) is 19.9. The van der Waals surface area contributed by atoms with Gasteiger partial charge in [0.05, 0.1) is 18.8 Å². The first-order chi connectivity index (χ1) is 11.2. The van der Waals surface area contributed by atoms with Gasteiger partial charge in [-0.1, -0.05) is 0 Å². The second-order valence-corrected chi connectivity index (χ2v) is 5.50. The zero-order valence-electron chi connectivity index (χ0n) is 13.6. The summed E-state index contributed by atoms with van der Waals surface area (Å²) in [6, 6.07) is 3.73. The van der Waals surface area contributed by atoms with Gasteiger partial charge in [-0.05, 0) is 32.8 Å². The van der Waals surface area contributed by atoms with E-state index in [1.54, 1.807) is 12.3 Å². The zero-order chi connectivity index (χ0) is 16.1. The van der Waals surface area contributed by atoms with Crippen LogP contribution < -0.4 is 15.0 Å². The van der Waals surface area contributed by atoms with Crippen LogP contribution in [0.4, 0.5) is 11.9 Å². The van der Waals surface area contributed by atoms with Crippen molar-refractivity contribution in [2.24, 2.45) is 0 Å². The third-order valence-corrected chi connectivity index (χ3v) is 3.63. The third kappa shape index (κ3) is 4.06. The normalized spacial score (nSPS) is 14.1. The molecule has 3 heterocycles. The fraction of sp³-hybridized carbons (Fsp3) is 0.500. The van der Waals surface area contributed by atoms with Crippen molar-refractivity contribution in [3.8, 4) is 5.88 Å². The number of hydrogen-bond acceptors (Lipinski definition) is 7. The topological polar surface area (TPSA) is 76.1 Å². The van der Waals surface area contributed by atoms with E-state index in [0.717, 1.165) is 30.4 Å². The predicted octanol–water partition coefficient (Wildman–Crippen LogP) is 2.19. The average Bonchev–Trinajstić information content (AvgIpc) is 3.08. The maximum atomic E-state index is 5.38. The fourth-order valence-electron chi connectivity index (χ4n) is 2.59. The second kappa shape index (κ2) is 7.21. The van der Waals surface area contributed by atoms with Gasteiger partial charge in [0.1, 0.15) is 0 Å². The number of ether oxygens (including phenoxy) is 1. The van der Waals surface area contributed by atoms with Gasteiger partial charge in [-0.15, -0.1) is 0 Å². The molecule has 0 unspecified atom stereocenters. The van der Waals surface area contributed by atoms with Crippen LogP contribution in [0.25, 0.3) is 0 Å². The first-order valence-electron chi connectivity index (χ1n) is 8.04. The maximum absolute atomic E-state index is 5.38. The molecule has 0 saturated carbocycles. The quantitative estimate of drug-likeness (QED) is 0.875. The Morgan fingerprint density at radius 2 is 2.04 bits per heavy atom. The molecule has 0 atom stereocenters. The highest BCUT2D eigenvalue weighted by molar-refractivity contribution is 5.35. The average molecular weight is 314 g/mol. The van der Waals surface area contributed by atoms with E-state index in [2.05, 4.69) is 30.2 Å². The molecule has 1 N–H and O–H groups in total. The number of aromatic nitrogens is 4. The van der Waals surface area contributed by atoms with Crippen molar-refractivity contribution >= 4 is 11.9 Å². The lowest BCUT2D eigenvalue weighted by atomic mass is 10.3. The summed E-state index contributed by atoms with van der Waals surface area (Å²) >= 11 is 0. The van der Waals surface area contributed by atoms with Gasteiger partial charge in [0, 0.05) is 31.0 Å². The van der Waals surface area contributed by atoms with Gasteiger partial charge in [-0.25, -0.2) is 15.0 Å². The highest BCUT2D eigenvalue weighted by Crippen LogP contribution is 2.17. The molecule has 0 amide bonds. The van der Waals surface area contributed by atoms with Crippen LogP contribution in [0.15, 0.2) is 18.3 Å². The van der Waals surface area contributed by atoms with Crippen molar-refractivity contribution in [1.82, 2.24) is 19.9 Å². The monoisotopic (exact) mass is 314 g/mol. The van der Waals surface area contributed by atoms with Gasteiger partial charge in [0.15, 0.2) is 0 Å². The number of nitrogens with one attached hydrogen (secondary N) is 1. The van der Waals surface area contributed by atoms with E-state index in [1.807, 2.05) is 19.9 Å². The molecule has 2 aromatic rings. The van der Waals surface area contributed by atoms with Crippen molar-refractivity contribution in [3.05, 3.63) is 29.7 Å². The molecule has 0 spiro atoms. The Balaban J connectivity index is 1.69. The van der Waals surface area contributed by atoms with Crippen LogP contribution in [0.5, 0.6) is 5.88 Å². The van der Waals surface area contributed by atoms with E-state index >= 15 is 0 Å². The smallest absolute Gasteiger partial charge is 0.226 e. The van der Waals surface area contributed by atoms with Crippen molar-refractivity contribution in [1.29, 1.82) is 0 Å². The Kier molecular flexibility index (Phi) is 4.85. The number of rotatable bonds is 6. The number of anilines is 2. The summed E-state index contributed by atoms with van der Waals surface area (Å²) in [5.74, 6) is 1.93. The Bertz CT molecular complexity index is 657. The number of aryl methyl sites for hydroxylation is 1. The SMILES string of the molecule is CCOc1ccnc(NCc2cc(C)nc(N3CCCC3)n2)n1. The molecular formula is C16H22N6O. The van der Waals surface area contributed by atoms with E-state index in [4.69, 9.17) is 4.74 Å². The van der Waals surface area contributed by atoms with Crippen LogP contribution in [0.1, 0.15) is 31.2 Å². The van der Waals surface area contributed by atoms with Gasteiger partial charge in [-0.3, -0.25) is 0 Å². The molecule has 0 bridgehead atoms. The molecule has 1 aliphatic rings. The molecule has 0 aromatic carbocycles. The van der Waals surface area contributed by atoms with Crippen molar-refractivity contribution < 1.29 is 4.74 Å². The van der Waals surface area contributed by atoms with Gasteiger partial charge in [-0.2, -0.15) is 4.98 Å². The summed E-state index contributed by atoms with van der Waals surface area (Å²) in [5, 5.41) is 3.19. The zero-order valence-corrected chi connectivity index (χ0v) is 13.6. The minimum atomic E-state index is 0.537. The molecule has 2 aromatic heterocycles. The van der Waals surface area contributed by atoms with E-state index in [9.17, 15) is 0 Å². The molecule has 23 heavy (non-hydrogen) atoms. The van der Waals surface area contributed by atoms with Crippen LogP contribution in [-0.4, -0.2) is 39.6 Å². The fourth-order valence-corrected chi connectivity index (χ4v) is 2.59. The van der Waals surface area contributed by atoms with Crippen molar-refractivity contribution in [2.45, 2.75) is 33.2 Å². The van der Waals surface area contributed by atoms with Gasteiger partial charge in [0.2, 0.25) is 17.8 Å². The van der Waals surface area contributed by atoms with Crippen LogP contribution in [0, 0.1) is 6.92 Å². The Morgan fingerprint density at radius 3 is 2.83 bits per heavy atom. The van der Waals surface area contributed by atoms with Gasteiger partial charge >= 0.3 is 0 Å². The summed E-state index contributed by atoms with van der Waals surface area (Å²) in [7, 11) is 0. The molecule has 1 aliphatic heterocycles. The molecule has 0 aliphatic carbocycles. The molecule has 7 nitrogen and oxygen atoms in total. The Hall–Kier alpha value is -2.44. The highest BCUT2D eigenvalue weighted by atomic mass is 16.5. The van der Waals surface area contributed by atoms with Gasteiger partial charge in [0.25, 0.3) is 0 Å². The molecule has 0 radical (unpaired) electrons. The second-order valence-electron chi connectivity index (χ2n) is 5.50. The summed E-state index contributed by atoms with van der Waals surface area (Å²) < 4.78 is 5.38. The minimum Gasteiger partial charge on any atom is -0.478 e. The van der Waals surface area contributed by atoms with E-state index < -0.39 is 0 Å². The van der Waals surface area contributed by atoms with Crippen LogP contribution in [-0.2, 0) is 6.54 Å². The van der Waals surface area contributed by atoms with Crippen LogP contribution in [0.3, 0.4) is 0 Å². The first-order valence-corrected chi connectivity index (χ1v) is 8.04. The molecule has 7 heteroatoms. The third-order valence-electron chi connectivity index (χ3n) is 3.63. The summed E-state index contributed by atoms with van der Waals surface area (Å²) in [6.07, 6.45) is 4.10. The van der Waals surface area contributed by atoms with E-state index in [-0.39, 0.29) is 0 Å². The van der Waals surface area contributed by atoms with E-state index in [1.165, 1.54) is 12.8 Å². The van der Waals surface area contributed by atoms with Crippen LogP contribution in [0.2, 0.25) is 0 Å². The molecular weight excluding hydrogens is 292 g/mol. The summed E-state index contributed by atoms with van der Waals surface area (Å²) in [5.41, 5.74) is 1.91. The Labute approximate surface area is 136 Å². The molecule has 1 fully saturated rings. The molecule has 122 valence electrons. The lowest BCUT2D eigenvalue weighted by Crippen LogP contribution is -2.21. The highest BCUT2D eigenvalue weighted by Gasteiger charge is 2.15. The standard InChI is InChI=1S/C16H22N6O/c1-3-23-14-6-7-17-15(21-14)18-11-13-10-12(2)19-16(20-13)22-8-4-5-9-22/h6-7,10H,3-5,8-9,11H2,1-2H3,(H,17,18,21). The van der Waals surface area contributed by atoms with E-state index in [0.29, 0.717) is 25.0 Å². The van der Waals surface area contributed by atoms with Gasteiger partial charge < -0.3 is 15.0 Å². The molecule has 1 saturated heterocycles. The van der Waals surface area contributed by atoms with Crippen molar-refractivity contribution in [3.63, 3.8) is 0 Å². The Morgan fingerprint density at radius 1 is 1.22 bits per heavy atom. The lowest BCUT2D eigenvalue weighted by Gasteiger charge is -2.16. The maximum Gasteiger partial charge on any atom is 0.226 e. The molecule has 3 rings (SSSR count). The minimum absolute atomic E-state index is 0.537.